The van der Waals surface area contributed by atoms with Gasteiger partial charge in [0.1, 0.15) is 5.00 Å². The summed E-state index contributed by atoms with van der Waals surface area (Å²) in [4.78, 5) is 6.40. The summed E-state index contributed by atoms with van der Waals surface area (Å²) in [7, 11) is 0. The number of aliphatic hydroxyl groups excluding tert-OH is 1. The minimum atomic E-state index is 0.149. The molecule has 0 amide bonds. The Morgan fingerprint density at radius 3 is 2.60 bits per heavy atom. The van der Waals surface area contributed by atoms with E-state index >= 15 is 0 Å². The van der Waals surface area contributed by atoms with E-state index in [4.69, 9.17) is 10.8 Å². The molecule has 0 aliphatic heterocycles. The molecule has 0 spiro atoms. The van der Waals surface area contributed by atoms with Crippen LogP contribution in [0.4, 0.5) is 10.1 Å². The molecule has 0 aliphatic rings. The molecule has 0 saturated carbocycles. The fraction of sp³-hybridized carbons (Fsp3) is 0.700. The largest absolute Gasteiger partial charge is 0.395 e. The molecule has 1 rings (SSSR count). The van der Waals surface area contributed by atoms with Crippen molar-refractivity contribution in [3.05, 3.63) is 6.20 Å². The first-order valence-electron chi connectivity index (χ1n) is 5.31. The number of hydrogen-bond acceptors (Lipinski definition) is 5. The van der Waals surface area contributed by atoms with Crippen LogP contribution in [0, 0.1) is 0 Å². The predicted molar refractivity (Wildman–Crippen MR) is 65.3 cm³/mol. The maximum Gasteiger partial charge on any atom is 0.187 e. The molecule has 0 saturated heterocycles. The van der Waals surface area contributed by atoms with Crippen molar-refractivity contribution < 1.29 is 5.11 Å². The highest BCUT2D eigenvalue weighted by molar-refractivity contribution is 7.19. The molecule has 0 fully saturated rings. The van der Waals surface area contributed by atoms with E-state index in [1.807, 2.05) is 0 Å². The third-order valence-corrected chi connectivity index (χ3v) is 3.34. The summed E-state index contributed by atoms with van der Waals surface area (Å²) in [5.41, 5.74) is 5.66. The van der Waals surface area contributed by atoms with Crippen LogP contribution in [-0.4, -0.2) is 29.3 Å². The molecular formula is C10H19N3OS. The highest BCUT2D eigenvalue weighted by Crippen LogP contribution is 2.27. The van der Waals surface area contributed by atoms with Gasteiger partial charge in [0.25, 0.3) is 0 Å². The van der Waals surface area contributed by atoms with Crippen LogP contribution in [0.2, 0.25) is 0 Å². The molecule has 0 atom stereocenters. The van der Waals surface area contributed by atoms with Gasteiger partial charge in [-0.3, -0.25) is 0 Å². The SMILES string of the molecule is CCC(CC)N(CCO)c1ncc(N)s1. The van der Waals surface area contributed by atoms with E-state index in [2.05, 4.69) is 23.7 Å². The molecule has 1 aromatic rings. The van der Waals surface area contributed by atoms with Gasteiger partial charge in [0.05, 0.1) is 12.8 Å². The van der Waals surface area contributed by atoms with Gasteiger partial charge in [0.2, 0.25) is 0 Å². The zero-order chi connectivity index (χ0) is 11.3. The maximum absolute atomic E-state index is 9.05. The van der Waals surface area contributed by atoms with Gasteiger partial charge in [-0.15, -0.1) is 0 Å². The lowest BCUT2D eigenvalue weighted by Crippen LogP contribution is -2.36. The summed E-state index contributed by atoms with van der Waals surface area (Å²) in [6.07, 6.45) is 3.78. The molecule has 0 bridgehead atoms. The second-order valence-corrected chi connectivity index (χ2v) is 4.47. The van der Waals surface area contributed by atoms with Crippen molar-refractivity contribution in [1.82, 2.24) is 4.98 Å². The van der Waals surface area contributed by atoms with Gasteiger partial charge in [-0.1, -0.05) is 25.2 Å². The quantitative estimate of drug-likeness (QED) is 0.779. The average Bonchev–Trinajstić information content (AvgIpc) is 2.65. The molecule has 1 aromatic heterocycles. The molecule has 0 aromatic carbocycles. The molecular weight excluding hydrogens is 210 g/mol. The van der Waals surface area contributed by atoms with E-state index in [1.54, 1.807) is 6.20 Å². The second kappa shape index (κ2) is 5.92. The van der Waals surface area contributed by atoms with Crippen LogP contribution < -0.4 is 10.6 Å². The third-order valence-electron chi connectivity index (χ3n) is 2.48. The third kappa shape index (κ3) is 3.07. The number of nitrogen functional groups attached to an aromatic ring is 1. The molecule has 0 aliphatic carbocycles. The van der Waals surface area contributed by atoms with Crippen LogP contribution in [0.1, 0.15) is 26.7 Å². The van der Waals surface area contributed by atoms with E-state index in [-0.39, 0.29) is 6.61 Å². The fourth-order valence-corrected chi connectivity index (χ4v) is 2.46. The number of hydrogen-bond donors (Lipinski definition) is 2. The molecule has 0 unspecified atom stereocenters. The molecule has 0 radical (unpaired) electrons. The Morgan fingerprint density at radius 1 is 1.53 bits per heavy atom. The first-order chi connectivity index (χ1) is 7.22. The van der Waals surface area contributed by atoms with Crippen molar-refractivity contribution in [2.75, 3.05) is 23.8 Å². The van der Waals surface area contributed by atoms with Gasteiger partial charge < -0.3 is 15.7 Å². The van der Waals surface area contributed by atoms with Gasteiger partial charge >= 0.3 is 0 Å². The molecule has 5 heteroatoms. The Kier molecular flexibility index (Phi) is 4.84. The van der Waals surface area contributed by atoms with Gasteiger partial charge in [-0.25, -0.2) is 4.98 Å². The summed E-state index contributed by atoms with van der Waals surface area (Å²) in [6, 6.07) is 0.433. The van der Waals surface area contributed by atoms with Crippen LogP contribution in [0.3, 0.4) is 0 Å². The molecule has 15 heavy (non-hydrogen) atoms. The van der Waals surface area contributed by atoms with Crippen molar-refractivity contribution in [2.24, 2.45) is 0 Å². The summed E-state index contributed by atoms with van der Waals surface area (Å²) >= 11 is 1.48. The minimum absolute atomic E-state index is 0.149. The minimum Gasteiger partial charge on any atom is -0.395 e. The lowest BCUT2D eigenvalue weighted by Gasteiger charge is -2.29. The standard InChI is InChI=1S/C10H19N3OS/c1-3-8(4-2)13(5-6-14)10-12-7-9(11)15-10/h7-8,14H,3-6,11H2,1-2H3. The molecule has 1 heterocycles. The first kappa shape index (κ1) is 12.3. The summed E-state index contributed by atoms with van der Waals surface area (Å²) < 4.78 is 0. The van der Waals surface area contributed by atoms with Crippen LogP contribution in [-0.2, 0) is 0 Å². The molecule has 86 valence electrons. The average molecular weight is 229 g/mol. The van der Waals surface area contributed by atoms with Gasteiger partial charge in [0, 0.05) is 12.6 Å². The smallest absolute Gasteiger partial charge is 0.187 e. The van der Waals surface area contributed by atoms with E-state index in [1.165, 1.54) is 11.3 Å². The summed E-state index contributed by atoms with van der Waals surface area (Å²) in [5.74, 6) is 0. The molecule has 3 N–H and O–H groups in total. The van der Waals surface area contributed by atoms with Gasteiger partial charge in [0.15, 0.2) is 5.13 Å². The summed E-state index contributed by atoms with van der Waals surface area (Å²) in [5, 5.41) is 10.7. The van der Waals surface area contributed by atoms with Crippen molar-refractivity contribution in [1.29, 1.82) is 0 Å². The topological polar surface area (TPSA) is 62.4 Å². The number of aromatic nitrogens is 1. The predicted octanol–water partition coefficient (Wildman–Crippen LogP) is 1.71. The normalized spacial score (nSPS) is 10.9. The maximum atomic E-state index is 9.05. The van der Waals surface area contributed by atoms with Crippen molar-refractivity contribution >= 4 is 21.5 Å². The Balaban J connectivity index is 2.81. The van der Waals surface area contributed by atoms with Gasteiger partial charge in [-0.05, 0) is 12.8 Å². The van der Waals surface area contributed by atoms with Crippen LogP contribution >= 0.6 is 11.3 Å². The highest BCUT2D eigenvalue weighted by atomic mass is 32.1. The first-order valence-corrected chi connectivity index (χ1v) is 6.13. The zero-order valence-corrected chi connectivity index (χ0v) is 10.1. The Labute approximate surface area is 94.7 Å². The Bertz CT molecular complexity index is 286. The van der Waals surface area contributed by atoms with Crippen LogP contribution in [0.25, 0.3) is 0 Å². The van der Waals surface area contributed by atoms with Crippen molar-refractivity contribution in [3.8, 4) is 0 Å². The van der Waals surface area contributed by atoms with E-state index in [0.717, 1.165) is 23.0 Å². The van der Waals surface area contributed by atoms with E-state index in [9.17, 15) is 0 Å². The summed E-state index contributed by atoms with van der Waals surface area (Å²) in [6.45, 7) is 5.07. The van der Waals surface area contributed by atoms with Crippen molar-refractivity contribution in [3.63, 3.8) is 0 Å². The number of thiazole rings is 1. The van der Waals surface area contributed by atoms with Gasteiger partial charge in [-0.2, -0.15) is 0 Å². The Morgan fingerprint density at radius 2 is 2.20 bits per heavy atom. The second-order valence-electron chi connectivity index (χ2n) is 3.43. The molecule has 4 nitrogen and oxygen atoms in total. The van der Waals surface area contributed by atoms with Crippen molar-refractivity contribution in [2.45, 2.75) is 32.7 Å². The number of rotatable bonds is 6. The van der Waals surface area contributed by atoms with E-state index in [0.29, 0.717) is 12.6 Å². The number of nitrogens with two attached hydrogens (primary N) is 1. The number of anilines is 2. The number of nitrogens with zero attached hydrogens (tertiary/aromatic N) is 2. The lowest BCUT2D eigenvalue weighted by atomic mass is 10.1. The monoisotopic (exact) mass is 229 g/mol. The highest BCUT2D eigenvalue weighted by Gasteiger charge is 2.17. The number of aliphatic hydroxyl groups is 1. The van der Waals surface area contributed by atoms with Crippen LogP contribution in [0.15, 0.2) is 6.20 Å². The Hall–Kier alpha value is -0.810. The van der Waals surface area contributed by atoms with E-state index < -0.39 is 0 Å². The zero-order valence-electron chi connectivity index (χ0n) is 9.31. The lowest BCUT2D eigenvalue weighted by molar-refractivity contribution is 0.296. The fourth-order valence-electron chi connectivity index (χ4n) is 1.68. The van der Waals surface area contributed by atoms with Crippen LogP contribution in [0.5, 0.6) is 0 Å².